The molecule has 0 aliphatic carbocycles. The minimum Gasteiger partial charge on any atom is -0.376 e. The highest BCUT2D eigenvalue weighted by molar-refractivity contribution is 4.68. The fourth-order valence-electron chi connectivity index (χ4n) is 3.52. The maximum atomic E-state index is 6.15. The van der Waals surface area contributed by atoms with Gasteiger partial charge >= 0.3 is 0 Å². The van der Waals surface area contributed by atoms with Crippen molar-refractivity contribution in [3.8, 4) is 0 Å². The average Bonchev–Trinajstić information content (AvgIpc) is 2.59. The van der Waals surface area contributed by atoms with Gasteiger partial charge in [-0.25, -0.2) is 0 Å². The van der Waals surface area contributed by atoms with Crippen LogP contribution in [0.3, 0.4) is 0 Å². The summed E-state index contributed by atoms with van der Waals surface area (Å²) in [7, 11) is 0. The Morgan fingerprint density at radius 3 is 1.28 bits per heavy atom. The van der Waals surface area contributed by atoms with Crippen LogP contribution in [0.25, 0.3) is 0 Å². The Labute approximate surface area is 160 Å². The minimum absolute atomic E-state index is 0.0860. The van der Waals surface area contributed by atoms with E-state index in [9.17, 15) is 0 Å². The van der Waals surface area contributed by atoms with Gasteiger partial charge in [0.05, 0.1) is 5.60 Å². The molecule has 0 rings (SSSR count). The Morgan fingerprint density at radius 2 is 0.840 bits per heavy atom. The first-order chi connectivity index (χ1) is 12.1. The van der Waals surface area contributed by atoms with Gasteiger partial charge in [-0.15, -0.1) is 0 Å². The third-order valence-corrected chi connectivity index (χ3v) is 5.37. The molecule has 25 heavy (non-hydrogen) atoms. The predicted molar refractivity (Wildman–Crippen MR) is 114 cm³/mol. The van der Waals surface area contributed by atoms with Crippen LogP contribution in [0.2, 0.25) is 0 Å². The summed E-state index contributed by atoms with van der Waals surface area (Å²) in [5.74, 6) is 0. The molecule has 1 heteroatoms. The van der Waals surface area contributed by atoms with E-state index in [2.05, 4.69) is 27.7 Å². The molecule has 0 unspecified atom stereocenters. The second-order valence-corrected chi connectivity index (χ2v) is 8.66. The van der Waals surface area contributed by atoms with Crippen LogP contribution in [0, 0.1) is 0 Å². The van der Waals surface area contributed by atoms with Crippen molar-refractivity contribution in [2.24, 2.45) is 0 Å². The number of unbranched alkanes of at least 4 members (excludes halogenated alkanes) is 15. The van der Waals surface area contributed by atoms with Gasteiger partial charge in [0.25, 0.3) is 0 Å². The van der Waals surface area contributed by atoms with Gasteiger partial charge in [0.15, 0.2) is 0 Å². The summed E-state index contributed by atoms with van der Waals surface area (Å²) >= 11 is 0. The molecule has 0 radical (unpaired) electrons. The zero-order valence-corrected chi connectivity index (χ0v) is 18.3. The molecule has 0 amide bonds. The summed E-state index contributed by atoms with van der Waals surface area (Å²) in [5, 5.41) is 0. The van der Waals surface area contributed by atoms with E-state index in [0.717, 1.165) is 6.61 Å². The molecule has 0 bridgehead atoms. The van der Waals surface area contributed by atoms with Crippen molar-refractivity contribution in [3.05, 3.63) is 0 Å². The second kappa shape index (κ2) is 18.7. The summed E-state index contributed by atoms with van der Waals surface area (Å²) in [4.78, 5) is 0. The van der Waals surface area contributed by atoms with E-state index in [1.807, 2.05) is 0 Å². The van der Waals surface area contributed by atoms with E-state index in [-0.39, 0.29) is 5.60 Å². The normalized spacial score (nSPS) is 12.0. The van der Waals surface area contributed by atoms with Crippen molar-refractivity contribution in [2.75, 3.05) is 6.61 Å². The van der Waals surface area contributed by atoms with Crippen LogP contribution in [-0.4, -0.2) is 12.2 Å². The lowest BCUT2D eigenvalue weighted by molar-refractivity contribution is -0.0266. The molecule has 0 N–H and O–H groups in total. The third kappa shape index (κ3) is 20.1. The number of rotatable bonds is 20. The van der Waals surface area contributed by atoms with Gasteiger partial charge < -0.3 is 4.74 Å². The van der Waals surface area contributed by atoms with Crippen LogP contribution in [0.4, 0.5) is 0 Å². The van der Waals surface area contributed by atoms with Gasteiger partial charge in [-0.2, -0.15) is 0 Å². The van der Waals surface area contributed by atoms with Crippen molar-refractivity contribution in [2.45, 2.75) is 149 Å². The lowest BCUT2D eigenvalue weighted by atomic mass is 9.99. The molecule has 0 fully saturated rings. The van der Waals surface area contributed by atoms with Crippen LogP contribution in [-0.2, 0) is 4.74 Å². The summed E-state index contributed by atoms with van der Waals surface area (Å²) in [6.07, 6.45) is 24.9. The van der Waals surface area contributed by atoms with Crippen molar-refractivity contribution in [1.29, 1.82) is 0 Å². The molecule has 0 heterocycles. The topological polar surface area (TPSA) is 9.23 Å². The van der Waals surface area contributed by atoms with Gasteiger partial charge in [0.1, 0.15) is 0 Å². The van der Waals surface area contributed by atoms with E-state index in [1.165, 1.54) is 116 Å². The van der Waals surface area contributed by atoms with Crippen molar-refractivity contribution < 1.29 is 4.74 Å². The zero-order valence-electron chi connectivity index (χ0n) is 18.3. The van der Waals surface area contributed by atoms with Crippen LogP contribution in [0.15, 0.2) is 0 Å². The lowest BCUT2D eigenvalue weighted by Crippen LogP contribution is -2.24. The number of hydrogen-bond donors (Lipinski definition) is 0. The molecule has 0 atom stereocenters. The Bertz CT molecular complexity index is 246. The highest BCUT2D eigenvalue weighted by Crippen LogP contribution is 2.20. The first-order valence-electron chi connectivity index (χ1n) is 11.8. The Kier molecular flexibility index (Phi) is 18.7. The molecule has 0 aromatic rings. The van der Waals surface area contributed by atoms with Gasteiger partial charge in [-0.05, 0) is 26.7 Å². The smallest absolute Gasteiger partial charge is 0.0626 e. The van der Waals surface area contributed by atoms with E-state index >= 15 is 0 Å². The SMILES string of the molecule is CCCCCCCCCCCCOC(C)(C)CCCCCCCCC. The molecule has 0 aliphatic rings. The van der Waals surface area contributed by atoms with Crippen LogP contribution >= 0.6 is 0 Å². The Hall–Kier alpha value is -0.0400. The summed E-state index contributed by atoms with van der Waals surface area (Å²) in [5.41, 5.74) is 0.0860. The first-order valence-corrected chi connectivity index (χ1v) is 11.8. The minimum atomic E-state index is 0.0860. The summed E-state index contributed by atoms with van der Waals surface area (Å²) < 4.78 is 6.15. The molecular formula is C24H50O. The number of ether oxygens (including phenoxy) is 1. The van der Waals surface area contributed by atoms with Crippen LogP contribution in [0.5, 0.6) is 0 Å². The third-order valence-electron chi connectivity index (χ3n) is 5.37. The fourth-order valence-corrected chi connectivity index (χ4v) is 3.52. The standard InChI is InChI=1S/C24H50O/c1-5-7-9-11-13-14-15-17-19-21-23-25-24(3,4)22-20-18-16-12-10-8-6-2/h5-23H2,1-4H3. The molecule has 152 valence electrons. The van der Waals surface area contributed by atoms with Gasteiger partial charge in [-0.1, -0.05) is 117 Å². The van der Waals surface area contributed by atoms with Crippen LogP contribution < -0.4 is 0 Å². The second-order valence-electron chi connectivity index (χ2n) is 8.66. The van der Waals surface area contributed by atoms with Gasteiger partial charge in [0.2, 0.25) is 0 Å². The maximum Gasteiger partial charge on any atom is 0.0626 e. The summed E-state index contributed by atoms with van der Waals surface area (Å²) in [6.45, 7) is 10.1. The van der Waals surface area contributed by atoms with Crippen molar-refractivity contribution in [1.82, 2.24) is 0 Å². The Morgan fingerprint density at radius 1 is 0.480 bits per heavy atom. The van der Waals surface area contributed by atoms with Gasteiger partial charge in [0, 0.05) is 6.61 Å². The lowest BCUT2D eigenvalue weighted by Gasteiger charge is -2.25. The van der Waals surface area contributed by atoms with Crippen LogP contribution in [0.1, 0.15) is 143 Å². The largest absolute Gasteiger partial charge is 0.376 e. The molecule has 0 saturated heterocycles. The fraction of sp³-hybridized carbons (Fsp3) is 1.00. The van der Waals surface area contributed by atoms with Gasteiger partial charge in [-0.3, -0.25) is 0 Å². The highest BCUT2D eigenvalue weighted by atomic mass is 16.5. The molecule has 0 saturated carbocycles. The molecule has 0 aliphatic heterocycles. The summed E-state index contributed by atoms with van der Waals surface area (Å²) in [6, 6.07) is 0. The predicted octanol–water partition coefficient (Wildman–Crippen LogP) is 8.84. The molecule has 0 spiro atoms. The molecular weight excluding hydrogens is 304 g/mol. The maximum absolute atomic E-state index is 6.15. The number of hydrogen-bond acceptors (Lipinski definition) is 1. The van der Waals surface area contributed by atoms with Crippen molar-refractivity contribution >= 4 is 0 Å². The van der Waals surface area contributed by atoms with E-state index in [1.54, 1.807) is 0 Å². The monoisotopic (exact) mass is 354 g/mol. The van der Waals surface area contributed by atoms with E-state index < -0.39 is 0 Å². The Balaban J connectivity index is 3.30. The van der Waals surface area contributed by atoms with E-state index in [0.29, 0.717) is 0 Å². The molecule has 0 aromatic carbocycles. The quantitative estimate of drug-likeness (QED) is 0.198. The highest BCUT2D eigenvalue weighted by Gasteiger charge is 2.17. The van der Waals surface area contributed by atoms with Crippen molar-refractivity contribution in [3.63, 3.8) is 0 Å². The first kappa shape index (κ1) is 25.0. The zero-order chi connectivity index (χ0) is 18.6. The average molecular weight is 355 g/mol. The molecule has 0 aromatic heterocycles. The molecule has 1 nitrogen and oxygen atoms in total. The van der Waals surface area contributed by atoms with E-state index in [4.69, 9.17) is 4.74 Å².